The molecule has 0 aromatic heterocycles. The van der Waals surface area contributed by atoms with Crippen molar-refractivity contribution >= 4 is 11.6 Å². The monoisotopic (exact) mass is 269 g/mol. The summed E-state index contributed by atoms with van der Waals surface area (Å²) in [5, 5.41) is 4.19. The van der Waals surface area contributed by atoms with E-state index in [-0.39, 0.29) is 11.4 Å². The Hall–Kier alpha value is -0.600. The summed E-state index contributed by atoms with van der Waals surface area (Å²) < 4.78 is 13.1. The highest BCUT2D eigenvalue weighted by molar-refractivity contribution is 6.31. The van der Waals surface area contributed by atoms with E-state index in [0.717, 1.165) is 24.9 Å². The summed E-state index contributed by atoms with van der Waals surface area (Å²) in [5.41, 5.74) is 1.20. The molecule has 1 aromatic carbocycles. The number of benzene rings is 1. The topological polar surface area (TPSA) is 12.0 Å². The van der Waals surface area contributed by atoms with Crippen LogP contribution in [-0.2, 0) is 6.42 Å². The van der Waals surface area contributed by atoms with Gasteiger partial charge in [0.05, 0.1) is 0 Å². The van der Waals surface area contributed by atoms with Gasteiger partial charge in [-0.1, -0.05) is 31.5 Å². The number of hydrogen-bond acceptors (Lipinski definition) is 1. The minimum Gasteiger partial charge on any atom is -0.311 e. The molecule has 1 atom stereocenters. The van der Waals surface area contributed by atoms with E-state index >= 15 is 0 Å². The Kier molecular flexibility index (Phi) is 4.29. The van der Waals surface area contributed by atoms with Gasteiger partial charge in [0.2, 0.25) is 0 Å². The number of nitrogens with one attached hydrogen (secondary N) is 1. The number of halogens is 2. The third-order valence-electron chi connectivity index (χ3n) is 3.68. The average molecular weight is 270 g/mol. The van der Waals surface area contributed by atoms with E-state index in [9.17, 15) is 4.39 Å². The van der Waals surface area contributed by atoms with Crippen molar-refractivity contribution in [1.82, 2.24) is 5.32 Å². The van der Waals surface area contributed by atoms with Gasteiger partial charge in [-0.25, -0.2) is 4.39 Å². The molecule has 0 spiro atoms. The number of rotatable bonds is 4. The van der Waals surface area contributed by atoms with Crippen LogP contribution in [0.5, 0.6) is 0 Å². The fourth-order valence-corrected chi connectivity index (χ4v) is 3.31. The van der Waals surface area contributed by atoms with Crippen LogP contribution in [0.25, 0.3) is 0 Å². The molecule has 100 valence electrons. The Labute approximate surface area is 114 Å². The molecule has 1 aliphatic heterocycles. The molecule has 2 rings (SSSR count). The van der Waals surface area contributed by atoms with Crippen molar-refractivity contribution < 1.29 is 4.39 Å². The molecule has 0 aliphatic carbocycles. The van der Waals surface area contributed by atoms with Gasteiger partial charge in [-0.2, -0.15) is 0 Å². The van der Waals surface area contributed by atoms with Crippen LogP contribution in [0.2, 0.25) is 5.02 Å². The molecule has 1 saturated heterocycles. The van der Waals surface area contributed by atoms with E-state index in [0.29, 0.717) is 10.9 Å². The second-order valence-corrected chi connectivity index (χ2v) is 6.23. The summed E-state index contributed by atoms with van der Waals surface area (Å²) in [4.78, 5) is 0. The molecule has 0 radical (unpaired) electrons. The highest BCUT2D eigenvalue weighted by Crippen LogP contribution is 2.32. The lowest BCUT2D eigenvalue weighted by Crippen LogP contribution is -2.43. The molecule has 18 heavy (non-hydrogen) atoms. The fraction of sp³-hybridized carbons (Fsp3) is 0.600. The van der Waals surface area contributed by atoms with E-state index in [1.165, 1.54) is 25.0 Å². The summed E-state index contributed by atoms with van der Waals surface area (Å²) in [7, 11) is 0. The molecule has 1 heterocycles. The van der Waals surface area contributed by atoms with Crippen molar-refractivity contribution in [3.8, 4) is 0 Å². The Morgan fingerprint density at radius 2 is 2.22 bits per heavy atom. The molecule has 1 unspecified atom stereocenters. The summed E-state index contributed by atoms with van der Waals surface area (Å²) in [6, 6.07) is 4.73. The van der Waals surface area contributed by atoms with E-state index in [4.69, 9.17) is 11.6 Å². The predicted molar refractivity (Wildman–Crippen MR) is 74.5 cm³/mol. The van der Waals surface area contributed by atoms with Crippen molar-refractivity contribution in [3.05, 3.63) is 34.6 Å². The maximum absolute atomic E-state index is 13.1. The normalized spacial score (nSPS) is 23.8. The fourth-order valence-electron chi connectivity index (χ4n) is 3.08. The maximum Gasteiger partial charge on any atom is 0.124 e. The molecule has 0 amide bonds. The van der Waals surface area contributed by atoms with Gasteiger partial charge in [0.1, 0.15) is 5.82 Å². The van der Waals surface area contributed by atoms with Crippen LogP contribution in [0.4, 0.5) is 4.39 Å². The van der Waals surface area contributed by atoms with Crippen LogP contribution in [-0.4, -0.2) is 12.1 Å². The summed E-state index contributed by atoms with van der Waals surface area (Å²) >= 11 is 6.14. The lowest BCUT2D eigenvalue weighted by molar-refractivity contribution is 0.301. The standard InChI is InChI=1S/C15H21ClFN/c1-11(2)9-15(6-3-7-18-15)10-12-4-5-13(17)8-14(12)16/h4-5,8,11,18H,3,6-7,9-10H2,1-2H3. The first-order valence-electron chi connectivity index (χ1n) is 6.70. The molecule has 1 aromatic rings. The Bertz CT molecular complexity index is 411. The van der Waals surface area contributed by atoms with Crippen molar-refractivity contribution in [2.75, 3.05) is 6.54 Å². The lowest BCUT2D eigenvalue weighted by Gasteiger charge is -2.32. The maximum atomic E-state index is 13.1. The Morgan fingerprint density at radius 1 is 1.44 bits per heavy atom. The molecular weight excluding hydrogens is 249 g/mol. The lowest BCUT2D eigenvalue weighted by atomic mass is 9.82. The van der Waals surface area contributed by atoms with Crippen molar-refractivity contribution in [3.63, 3.8) is 0 Å². The molecule has 3 heteroatoms. The van der Waals surface area contributed by atoms with Crippen LogP contribution in [0, 0.1) is 11.7 Å². The van der Waals surface area contributed by atoms with Gasteiger partial charge >= 0.3 is 0 Å². The molecular formula is C15H21ClFN. The third-order valence-corrected chi connectivity index (χ3v) is 4.03. The molecule has 0 bridgehead atoms. The van der Waals surface area contributed by atoms with Crippen LogP contribution in [0.3, 0.4) is 0 Å². The van der Waals surface area contributed by atoms with Crippen LogP contribution in [0.1, 0.15) is 38.7 Å². The van der Waals surface area contributed by atoms with E-state index < -0.39 is 0 Å². The second kappa shape index (κ2) is 5.58. The van der Waals surface area contributed by atoms with Crippen molar-refractivity contribution in [1.29, 1.82) is 0 Å². The average Bonchev–Trinajstić information content (AvgIpc) is 2.70. The zero-order valence-corrected chi connectivity index (χ0v) is 11.9. The molecule has 1 aliphatic rings. The van der Waals surface area contributed by atoms with Crippen molar-refractivity contribution in [2.24, 2.45) is 5.92 Å². The molecule has 1 fully saturated rings. The first-order chi connectivity index (χ1) is 8.51. The SMILES string of the molecule is CC(C)CC1(Cc2ccc(F)cc2Cl)CCCN1. The predicted octanol–water partition coefficient (Wildman–Crippen LogP) is 4.19. The zero-order chi connectivity index (χ0) is 13.2. The minimum absolute atomic E-state index is 0.148. The van der Waals surface area contributed by atoms with Gasteiger partial charge in [-0.05, 0) is 55.8 Å². The minimum atomic E-state index is -0.263. The van der Waals surface area contributed by atoms with Crippen LogP contribution < -0.4 is 5.32 Å². The number of hydrogen-bond donors (Lipinski definition) is 1. The summed E-state index contributed by atoms with van der Waals surface area (Å²) in [6.07, 6.45) is 4.43. The molecule has 1 N–H and O–H groups in total. The van der Waals surface area contributed by atoms with Gasteiger partial charge in [0.25, 0.3) is 0 Å². The van der Waals surface area contributed by atoms with E-state index in [2.05, 4.69) is 19.2 Å². The Balaban J connectivity index is 2.18. The molecule has 0 saturated carbocycles. The van der Waals surface area contributed by atoms with Gasteiger partial charge in [0, 0.05) is 10.6 Å². The largest absolute Gasteiger partial charge is 0.311 e. The zero-order valence-electron chi connectivity index (χ0n) is 11.1. The summed E-state index contributed by atoms with van der Waals surface area (Å²) in [5.74, 6) is 0.385. The smallest absolute Gasteiger partial charge is 0.124 e. The first kappa shape index (κ1) is 13.8. The highest BCUT2D eigenvalue weighted by atomic mass is 35.5. The van der Waals surface area contributed by atoms with Crippen molar-refractivity contribution in [2.45, 2.75) is 45.1 Å². The highest BCUT2D eigenvalue weighted by Gasteiger charge is 2.34. The van der Waals surface area contributed by atoms with Gasteiger partial charge in [-0.3, -0.25) is 0 Å². The van der Waals surface area contributed by atoms with Gasteiger partial charge in [0.15, 0.2) is 0 Å². The quantitative estimate of drug-likeness (QED) is 0.864. The summed E-state index contributed by atoms with van der Waals surface area (Å²) in [6.45, 7) is 5.56. The van der Waals surface area contributed by atoms with Gasteiger partial charge in [-0.15, -0.1) is 0 Å². The van der Waals surface area contributed by atoms with E-state index in [1.807, 2.05) is 6.07 Å². The van der Waals surface area contributed by atoms with E-state index in [1.54, 1.807) is 0 Å². The van der Waals surface area contributed by atoms with Crippen LogP contribution >= 0.6 is 11.6 Å². The second-order valence-electron chi connectivity index (χ2n) is 5.82. The third kappa shape index (κ3) is 3.24. The first-order valence-corrected chi connectivity index (χ1v) is 7.07. The molecule has 1 nitrogen and oxygen atoms in total. The Morgan fingerprint density at radius 3 is 2.78 bits per heavy atom. The van der Waals surface area contributed by atoms with Crippen LogP contribution in [0.15, 0.2) is 18.2 Å². The van der Waals surface area contributed by atoms with Gasteiger partial charge < -0.3 is 5.32 Å².